The van der Waals surface area contributed by atoms with Crippen molar-refractivity contribution < 1.29 is 4.79 Å². The van der Waals surface area contributed by atoms with E-state index in [2.05, 4.69) is 17.5 Å². The van der Waals surface area contributed by atoms with Gasteiger partial charge in [-0.15, -0.1) is 11.3 Å². The summed E-state index contributed by atoms with van der Waals surface area (Å²) in [5.74, 6) is 0.0199. The van der Waals surface area contributed by atoms with Gasteiger partial charge in [0.15, 0.2) is 0 Å². The third-order valence-corrected chi connectivity index (χ3v) is 4.48. The van der Waals surface area contributed by atoms with Crippen LogP contribution in [0.1, 0.15) is 75.2 Å². The summed E-state index contributed by atoms with van der Waals surface area (Å²) < 4.78 is 0. The number of thiophene rings is 1. The van der Waals surface area contributed by atoms with Gasteiger partial charge in [-0.25, -0.2) is 5.43 Å². The Morgan fingerprint density at radius 1 is 1.19 bits per heavy atom. The van der Waals surface area contributed by atoms with Crippen molar-refractivity contribution in [3.63, 3.8) is 0 Å². The zero-order valence-corrected chi connectivity index (χ0v) is 14.2. The molecule has 3 nitrogen and oxygen atoms in total. The molecular formula is C17H28N2OS. The van der Waals surface area contributed by atoms with Crippen LogP contribution in [-0.2, 0) is 4.79 Å². The molecule has 0 unspecified atom stereocenters. The van der Waals surface area contributed by atoms with Crippen LogP contribution in [0.5, 0.6) is 0 Å². The minimum absolute atomic E-state index is 0.0199. The van der Waals surface area contributed by atoms with Crippen molar-refractivity contribution in [2.75, 3.05) is 0 Å². The average Bonchev–Trinajstić information content (AvgIpc) is 2.87. The molecule has 1 rings (SSSR count). The van der Waals surface area contributed by atoms with Gasteiger partial charge in [0.2, 0.25) is 5.91 Å². The lowest BCUT2D eigenvalue weighted by molar-refractivity contribution is -0.121. The Bertz CT molecular complexity index is 426. The predicted octanol–water partition coefficient (Wildman–Crippen LogP) is 5.04. The number of aryl methyl sites for hydroxylation is 1. The fraction of sp³-hybridized carbons (Fsp3) is 0.647. The number of rotatable bonds is 11. The summed E-state index contributed by atoms with van der Waals surface area (Å²) >= 11 is 1.63. The highest BCUT2D eigenvalue weighted by atomic mass is 32.1. The molecule has 0 fully saturated rings. The lowest BCUT2D eigenvalue weighted by atomic mass is 10.1. The smallest absolute Gasteiger partial charge is 0.240 e. The van der Waals surface area contributed by atoms with Crippen LogP contribution in [0.3, 0.4) is 0 Å². The highest BCUT2D eigenvalue weighted by Gasteiger charge is 2.00. The molecule has 0 aliphatic carbocycles. The second-order valence-electron chi connectivity index (χ2n) is 5.49. The maximum absolute atomic E-state index is 11.6. The number of nitrogens with one attached hydrogen (secondary N) is 1. The van der Waals surface area contributed by atoms with E-state index < -0.39 is 0 Å². The number of nitrogens with zero attached hydrogens (tertiary/aromatic N) is 1. The zero-order valence-electron chi connectivity index (χ0n) is 13.4. The second kappa shape index (κ2) is 11.5. The van der Waals surface area contributed by atoms with Crippen molar-refractivity contribution in [2.24, 2.45) is 5.10 Å². The Balaban J connectivity index is 1.99. The van der Waals surface area contributed by atoms with Crippen molar-refractivity contribution >= 4 is 23.5 Å². The maximum Gasteiger partial charge on any atom is 0.240 e. The largest absolute Gasteiger partial charge is 0.273 e. The molecule has 0 aliphatic rings. The SMILES string of the molecule is CCCCCCCCCCC(=O)NN=Cc1sccc1C. The van der Waals surface area contributed by atoms with E-state index in [9.17, 15) is 4.79 Å². The molecule has 0 atom stereocenters. The molecule has 1 amide bonds. The Kier molecular flexibility index (Phi) is 9.79. The van der Waals surface area contributed by atoms with E-state index in [0.29, 0.717) is 6.42 Å². The van der Waals surface area contributed by atoms with Crippen molar-refractivity contribution in [1.29, 1.82) is 0 Å². The summed E-state index contributed by atoms with van der Waals surface area (Å²) in [6, 6.07) is 2.05. The van der Waals surface area contributed by atoms with Gasteiger partial charge in [0.25, 0.3) is 0 Å². The third kappa shape index (κ3) is 8.66. The first-order chi connectivity index (χ1) is 10.2. The quantitative estimate of drug-likeness (QED) is 0.347. The van der Waals surface area contributed by atoms with Gasteiger partial charge in [-0.2, -0.15) is 5.10 Å². The maximum atomic E-state index is 11.6. The van der Waals surface area contributed by atoms with Gasteiger partial charge in [-0.05, 0) is 30.4 Å². The van der Waals surface area contributed by atoms with Crippen molar-refractivity contribution in [3.8, 4) is 0 Å². The predicted molar refractivity (Wildman–Crippen MR) is 92.0 cm³/mol. The number of hydrogen-bond donors (Lipinski definition) is 1. The molecule has 0 saturated heterocycles. The lowest BCUT2D eigenvalue weighted by Crippen LogP contribution is -2.16. The molecule has 1 heterocycles. The Labute approximate surface area is 132 Å². The third-order valence-electron chi connectivity index (χ3n) is 3.53. The molecule has 0 aromatic carbocycles. The van der Waals surface area contributed by atoms with Crippen LogP contribution in [0.4, 0.5) is 0 Å². The molecule has 0 bridgehead atoms. The van der Waals surface area contributed by atoms with E-state index in [0.717, 1.165) is 17.7 Å². The number of amides is 1. The fourth-order valence-corrected chi connectivity index (χ4v) is 2.94. The molecule has 4 heteroatoms. The van der Waals surface area contributed by atoms with E-state index in [1.807, 2.05) is 18.4 Å². The number of hydrazone groups is 1. The summed E-state index contributed by atoms with van der Waals surface area (Å²) in [6.07, 6.45) is 12.3. The first-order valence-electron chi connectivity index (χ1n) is 8.10. The molecule has 1 N–H and O–H groups in total. The topological polar surface area (TPSA) is 41.5 Å². The van der Waals surface area contributed by atoms with Crippen LogP contribution in [0.15, 0.2) is 16.5 Å². The highest BCUT2D eigenvalue weighted by molar-refractivity contribution is 7.11. The van der Waals surface area contributed by atoms with Gasteiger partial charge in [-0.1, -0.05) is 51.9 Å². The molecule has 21 heavy (non-hydrogen) atoms. The van der Waals surface area contributed by atoms with Crippen LogP contribution in [0, 0.1) is 6.92 Å². The normalized spacial score (nSPS) is 11.1. The number of unbranched alkanes of at least 4 members (excludes halogenated alkanes) is 7. The van der Waals surface area contributed by atoms with Crippen molar-refractivity contribution in [1.82, 2.24) is 5.43 Å². The summed E-state index contributed by atoms with van der Waals surface area (Å²) in [5, 5.41) is 6.04. The van der Waals surface area contributed by atoms with Gasteiger partial charge in [0.05, 0.1) is 6.21 Å². The molecule has 0 aliphatic heterocycles. The van der Waals surface area contributed by atoms with Gasteiger partial charge in [0.1, 0.15) is 0 Å². The summed E-state index contributed by atoms with van der Waals surface area (Å²) in [4.78, 5) is 12.7. The van der Waals surface area contributed by atoms with Gasteiger partial charge < -0.3 is 0 Å². The highest BCUT2D eigenvalue weighted by Crippen LogP contribution is 2.12. The molecule has 1 aromatic heterocycles. The van der Waals surface area contributed by atoms with Crippen LogP contribution in [-0.4, -0.2) is 12.1 Å². The minimum Gasteiger partial charge on any atom is -0.273 e. The molecular weight excluding hydrogens is 280 g/mol. The first-order valence-corrected chi connectivity index (χ1v) is 8.98. The Hall–Kier alpha value is -1.16. The van der Waals surface area contributed by atoms with Gasteiger partial charge in [-0.3, -0.25) is 4.79 Å². The number of hydrogen-bond acceptors (Lipinski definition) is 3. The van der Waals surface area contributed by atoms with Gasteiger partial charge in [0, 0.05) is 11.3 Å². The summed E-state index contributed by atoms with van der Waals surface area (Å²) in [7, 11) is 0. The summed E-state index contributed by atoms with van der Waals surface area (Å²) in [6.45, 7) is 4.28. The first kappa shape index (κ1) is 17.9. The standard InChI is InChI=1S/C17H28N2OS/c1-3-4-5-6-7-8-9-10-11-17(20)19-18-14-16-15(2)12-13-21-16/h12-14H,3-11H2,1-2H3,(H,19,20). The monoisotopic (exact) mass is 308 g/mol. The number of carbonyl (C=O) groups excluding carboxylic acids is 1. The van der Waals surface area contributed by atoms with Gasteiger partial charge >= 0.3 is 0 Å². The average molecular weight is 308 g/mol. The minimum atomic E-state index is 0.0199. The van der Waals surface area contributed by atoms with E-state index >= 15 is 0 Å². The molecule has 1 aromatic rings. The molecule has 0 radical (unpaired) electrons. The van der Waals surface area contributed by atoms with Crippen LogP contribution in [0.25, 0.3) is 0 Å². The molecule has 0 spiro atoms. The van der Waals surface area contributed by atoms with E-state index in [1.165, 1.54) is 44.1 Å². The Morgan fingerprint density at radius 2 is 1.86 bits per heavy atom. The van der Waals surface area contributed by atoms with E-state index in [1.54, 1.807) is 17.6 Å². The van der Waals surface area contributed by atoms with Crippen LogP contribution in [0.2, 0.25) is 0 Å². The van der Waals surface area contributed by atoms with Crippen LogP contribution < -0.4 is 5.43 Å². The Morgan fingerprint density at radius 3 is 2.48 bits per heavy atom. The van der Waals surface area contributed by atoms with E-state index in [-0.39, 0.29) is 5.91 Å². The van der Waals surface area contributed by atoms with E-state index in [4.69, 9.17) is 0 Å². The molecule has 118 valence electrons. The summed E-state index contributed by atoms with van der Waals surface area (Å²) in [5.41, 5.74) is 3.80. The fourth-order valence-electron chi connectivity index (χ4n) is 2.15. The zero-order chi connectivity index (χ0) is 15.3. The molecule has 0 saturated carbocycles. The lowest BCUT2D eigenvalue weighted by Gasteiger charge is -2.01. The van der Waals surface area contributed by atoms with Crippen LogP contribution >= 0.6 is 11.3 Å². The van der Waals surface area contributed by atoms with Crippen molar-refractivity contribution in [3.05, 3.63) is 21.9 Å². The number of carbonyl (C=O) groups is 1. The second-order valence-corrected chi connectivity index (χ2v) is 6.43. The van der Waals surface area contributed by atoms with Crippen molar-refractivity contribution in [2.45, 2.75) is 71.6 Å².